The molecule has 132 valence electrons. The van der Waals surface area contributed by atoms with Crippen molar-refractivity contribution in [1.29, 1.82) is 0 Å². The van der Waals surface area contributed by atoms with Crippen molar-refractivity contribution in [2.45, 2.75) is 39.2 Å². The second kappa shape index (κ2) is 7.50. The standard InChI is InChI=1S/C19H23ClN4O/c1-12(2)24-9-8-14(11-24)18-21-10-17(13(3)22-18)19(25)23-16-6-4-15(20)5-7-16/h4-7,10,12,14H,8-9,11H2,1-3H3,(H,23,25)/t14-/m0/s1. The fourth-order valence-corrected chi connectivity index (χ4v) is 3.23. The number of hydrogen-bond donors (Lipinski definition) is 1. The van der Waals surface area contributed by atoms with E-state index in [1.165, 1.54) is 0 Å². The predicted molar refractivity (Wildman–Crippen MR) is 100 cm³/mol. The summed E-state index contributed by atoms with van der Waals surface area (Å²) < 4.78 is 0. The van der Waals surface area contributed by atoms with Crippen LogP contribution < -0.4 is 5.32 Å². The summed E-state index contributed by atoms with van der Waals surface area (Å²) in [6, 6.07) is 7.55. The van der Waals surface area contributed by atoms with Crippen LogP contribution >= 0.6 is 11.6 Å². The van der Waals surface area contributed by atoms with E-state index < -0.39 is 0 Å². The van der Waals surface area contributed by atoms with Gasteiger partial charge >= 0.3 is 0 Å². The highest BCUT2D eigenvalue weighted by Gasteiger charge is 2.28. The molecule has 1 N–H and O–H groups in total. The van der Waals surface area contributed by atoms with Gasteiger partial charge in [0, 0.05) is 35.4 Å². The Morgan fingerprint density at radius 2 is 2.04 bits per heavy atom. The fourth-order valence-electron chi connectivity index (χ4n) is 3.10. The molecule has 5 nitrogen and oxygen atoms in total. The van der Waals surface area contributed by atoms with E-state index in [9.17, 15) is 4.79 Å². The molecule has 1 atom stereocenters. The molecular formula is C19H23ClN4O. The maximum atomic E-state index is 12.5. The van der Waals surface area contributed by atoms with Crippen LogP contribution in [0.15, 0.2) is 30.5 Å². The van der Waals surface area contributed by atoms with E-state index in [2.05, 4.69) is 34.0 Å². The van der Waals surface area contributed by atoms with E-state index in [1.807, 2.05) is 6.92 Å². The number of hydrogen-bond acceptors (Lipinski definition) is 4. The molecule has 3 rings (SSSR count). The molecule has 0 unspecified atom stereocenters. The maximum Gasteiger partial charge on any atom is 0.259 e. The lowest BCUT2D eigenvalue weighted by atomic mass is 10.1. The van der Waals surface area contributed by atoms with Gasteiger partial charge in [0.15, 0.2) is 0 Å². The van der Waals surface area contributed by atoms with Crippen molar-refractivity contribution >= 4 is 23.2 Å². The number of carbonyl (C=O) groups is 1. The van der Waals surface area contributed by atoms with Crippen LogP contribution in [0, 0.1) is 6.92 Å². The Bertz CT molecular complexity index is 761. The Morgan fingerprint density at radius 3 is 2.64 bits per heavy atom. The minimum atomic E-state index is -0.207. The summed E-state index contributed by atoms with van der Waals surface area (Å²) in [6.07, 6.45) is 2.70. The van der Waals surface area contributed by atoms with Crippen molar-refractivity contribution < 1.29 is 4.79 Å². The van der Waals surface area contributed by atoms with Crippen molar-refractivity contribution in [3.8, 4) is 0 Å². The van der Waals surface area contributed by atoms with E-state index in [1.54, 1.807) is 30.5 Å². The summed E-state index contributed by atoms with van der Waals surface area (Å²) in [7, 11) is 0. The zero-order valence-corrected chi connectivity index (χ0v) is 15.5. The third-order valence-electron chi connectivity index (χ3n) is 4.66. The molecule has 1 aliphatic rings. The second-order valence-corrected chi connectivity index (χ2v) is 7.20. The van der Waals surface area contributed by atoms with Crippen molar-refractivity contribution in [1.82, 2.24) is 14.9 Å². The van der Waals surface area contributed by atoms with Gasteiger partial charge in [-0.1, -0.05) is 11.6 Å². The number of benzene rings is 1. The molecule has 1 amide bonds. The smallest absolute Gasteiger partial charge is 0.259 e. The van der Waals surface area contributed by atoms with Gasteiger partial charge in [-0.05, 0) is 58.0 Å². The molecule has 1 fully saturated rings. The van der Waals surface area contributed by atoms with E-state index in [0.717, 1.165) is 25.3 Å². The summed E-state index contributed by atoms with van der Waals surface area (Å²) in [4.78, 5) is 24.0. The van der Waals surface area contributed by atoms with E-state index in [4.69, 9.17) is 11.6 Å². The summed E-state index contributed by atoms with van der Waals surface area (Å²) in [5, 5.41) is 3.48. The second-order valence-electron chi connectivity index (χ2n) is 6.76. The lowest BCUT2D eigenvalue weighted by molar-refractivity contribution is 0.102. The van der Waals surface area contributed by atoms with E-state index >= 15 is 0 Å². The first-order valence-electron chi connectivity index (χ1n) is 8.58. The summed E-state index contributed by atoms with van der Waals surface area (Å²) >= 11 is 5.86. The zero-order valence-electron chi connectivity index (χ0n) is 14.8. The van der Waals surface area contributed by atoms with Crippen molar-refractivity contribution in [2.75, 3.05) is 18.4 Å². The highest BCUT2D eigenvalue weighted by atomic mass is 35.5. The van der Waals surface area contributed by atoms with Gasteiger partial charge in [-0.2, -0.15) is 0 Å². The Morgan fingerprint density at radius 1 is 1.32 bits per heavy atom. The number of nitrogens with one attached hydrogen (secondary N) is 1. The molecule has 1 aromatic heterocycles. The van der Waals surface area contributed by atoms with Gasteiger partial charge in [-0.25, -0.2) is 9.97 Å². The number of anilines is 1. The molecule has 1 saturated heterocycles. The van der Waals surface area contributed by atoms with Crippen molar-refractivity contribution in [3.05, 3.63) is 52.6 Å². The Labute approximate surface area is 153 Å². The third kappa shape index (κ3) is 4.17. The molecule has 2 aromatic rings. The van der Waals surface area contributed by atoms with Gasteiger partial charge < -0.3 is 10.2 Å². The van der Waals surface area contributed by atoms with Crippen LogP contribution in [-0.2, 0) is 0 Å². The zero-order chi connectivity index (χ0) is 18.0. The number of aromatic nitrogens is 2. The quantitative estimate of drug-likeness (QED) is 0.900. The van der Waals surface area contributed by atoms with Gasteiger partial charge in [-0.3, -0.25) is 4.79 Å². The molecule has 0 radical (unpaired) electrons. The number of halogens is 1. The molecule has 0 aliphatic carbocycles. The highest BCUT2D eigenvalue weighted by Crippen LogP contribution is 2.26. The van der Waals surface area contributed by atoms with E-state index in [-0.39, 0.29) is 5.91 Å². The van der Waals surface area contributed by atoms with Crippen LogP contribution in [-0.4, -0.2) is 39.9 Å². The fraction of sp³-hybridized carbons (Fsp3) is 0.421. The van der Waals surface area contributed by atoms with Crippen LogP contribution in [0.5, 0.6) is 0 Å². The average molecular weight is 359 g/mol. The van der Waals surface area contributed by atoms with Crippen LogP contribution in [0.4, 0.5) is 5.69 Å². The molecule has 25 heavy (non-hydrogen) atoms. The average Bonchev–Trinajstić information content (AvgIpc) is 3.07. The van der Waals surface area contributed by atoms with Crippen molar-refractivity contribution in [2.24, 2.45) is 0 Å². The molecular weight excluding hydrogens is 336 g/mol. The molecule has 1 aromatic carbocycles. The Hall–Kier alpha value is -1.98. The van der Waals surface area contributed by atoms with Gasteiger partial charge in [0.25, 0.3) is 5.91 Å². The lowest BCUT2D eigenvalue weighted by Crippen LogP contribution is -2.28. The van der Waals surface area contributed by atoms with Crippen LogP contribution in [0.25, 0.3) is 0 Å². The first-order chi connectivity index (χ1) is 11.9. The number of carbonyl (C=O) groups excluding carboxylic acids is 1. The Kier molecular flexibility index (Phi) is 5.35. The first kappa shape index (κ1) is 17.8. The lowest BCUT2D eigenvalue weighted by Gasteiger charge is -2.20. The summed E-state index contributed by atoms with van der Waals surface area (Å²) in [5.41, 5.74) is 1.90. The predicted octanol–water partition coefficient (Wildman–Crippen LogP) is 3.89. The molecule has 2 heterocycles. The highest BCUT2D eigenvalue weighted by molar-refractivity contribution is 6.30. The van der Waals surface area contributed by atoms with E-state index in [0.29, 0.717) is 33.9 Å². The van der Waals surface area contributed by atoms with Gasteiger partial charge in [0.1, 0.15) is 5.82 Å². The third-order valence-corrected chi connectivity index (χ3v) is 4.91. The molecule has 6 heteroatoms. The van der Waals surface area contributed by atoms with Crippen molar-refractivity contribution in [3.63, 3.8) is 0 Å². The normalized spacial score (nSPS) is 17.9. The largest absolute Gasteiger partial charge is 0.322 e. The van der Waals surface area contributed by atoms with Gasteiger partial charge in [0.2, 0.25) is 0 Å². The molecule has 0 spiro atoms. The molecule has 0 bridgehead atoms. The first-order valence-corrected chi connectivity index (χ1v) is 8.96. The van der Waals surface area contributed by atoms with Crippen LogP contribution in [0.2, 0.25) is 5.02 Å². The summed E-state index contributed by atoms with van der Waals surface area (Å²) in [6.45, 7) is 8.32. The van der Waals surface area contributed by atoms with Crippen LogP contribution in [0.3, 0.4) is 0 Å². The SMILES string of the molecule is Cc1nc([C@H]2CCN(C(C)C)C2)ncc1C(=O)Nc1ccc(Cl)cc1. The van der Waals surface area contributed by atoms with Gasteiger partial charge in [-0.15, -0.1) is 0 Å². The van der Waals surface area contributed by atoms with Crippen LogP contribution in [0.1, 0.15) is 48.1 Å². The minimum absolute atomic E-state index is 0.207. The number of amides is 1. The number of nitrogens with zero attached hydrogens (tertiary/aromatic N) is 3. The van der Waals surface area contributed by atoms with Gasteiger partial charge in [0.05, 0.1) is 11.3 Å². The molecule has 1 aliphatic heterocycles. The minimum Gasteiger partial charge on any atom is -0.322 e. The Balaban J connectivity index is 1.71. The monoisotopic (exact) mass is 358 g/mol. The molecule has 0 saturated carbocycles. The maximum absolute atomic E-state index is 12.5. The summed E-state index contributed by atoms with van der Waals surface area (Å²) in [5.74, 6) is 0.972. The number of likely N-dealkylation sites (tertiary alicyclic amines) is 1. The number of aryl methyl sites for hydroxylation is 1. The number of rotatable bonds is 4. The topological polar surface area (TPSA) is 58.1 Å².